The lowest BCUT2D eigenvalue weighted by Crippen LogP contribution is -2.39. The first-order chi connectivity index (χ1) is 21.8. The number of rotatable bonds is 9. The van der Waals surface area contributed by atoms with Crippen molar-refractivity contribution in [3.63, 3.8) is 0 Å². The average Bonchev–Trinajstić information content (AvgIpc) is 3.44. The number of ether oxygens (including phenoxy) is 4. The number of halogens is 1. The Balaban J connectivity index is 1.55. The monoisotopic (exact) mass is 632 g/mol. The van der Waals surface area contributed by atoms with Crippen LogP contribution >= 0.6 is 0 Å². The van der Waals surface area contributed by atoms with Crippen LogP contribution in [-0.2, 0) is 19.0 Å². The summed E-state index contributed by atoms with van der Waals surface area (Å²) in [6.07, 6.45) is 0.951. The Bertz CT molecular complexity index is 1500. The highest BCUT2D eigenvalue weighted by Crippen LogP contribution is 2.45. The predicted octanol–water partition coefficient (Wildman–Crippen LogP) is 8.11. The van der Waals surface area contributed by atoms with Crippen LogP contribution in [0.4, 0.5) is 10.1 Å². The van der Waals surface area contributed by atoms with Crippen LogP contribution in [0.15, 0.2) is 48.5 Å². The molecule has 0 radical (unpaired) electrons. The van der Waals surface area contributed by atoms with Crippen molar-refractivity contribution in [3.05, 3.63) is 76.9 Å². The molecule has 3 aromatic rings. The molecule has 2 aliphatic rings. The maximum Gasteiger partial charge on any atom is 0.340 e. The van der Waals surface area contributed by atoms with Gasteiger partial charge < -0.3 is 23.8 Å². The highest BCUT2D eigenvalue weighted by atomic mass is 19.1. The fourth-order valence-corrected chi connectivity index (χ4v) is 6.51. The predicted molar refractivity (Wildman–Crippen MR) is 179 cm³/mol. The molecule has 0 aliphatic carbocycles. The second-order valence-corrected chi connectivity index (χ2v) is 14.3. The summed E-state index contributed by atoms with van der Waals surface area (Å²) in [5.74, 6) is 0.0786. The molecule has 2 aromatic carbocycles. The van der Waals surface area contributed by atoms with Gasteiger partial charge in [-0.05, 0) is 95.2 Å². The molecule has 2 fully saturated rings. The molecule has 5 rings (SSSR count). The Labute approximate surface area is 273 Å². The summed E-state index contributed by atoms with van der Waals surface area (Å²) in [6, 6.07) is 14.6. The minimum absolute atomic E-state index is 0.0176. The van der Waals surface area contributed by atoms with Crippen molar-refractivity contribution in [1.82, 2.24) is 4.98 Å². The van der Waals surface area contributed by atoms with Crippen molar-refractivity contribution in [2.75, 3.05) is 37.8 Å². The Kier molecular flexibility index (Phi) is 10.1. The van der Waals surface area contributed by atoms with Crippen LogP contribution in [0, 0.1) is 25.1 Å². The van der Waals surface area contributed by atoms with E-state index in [0.29, 0.717) is 13.2 Å². The van der Waals surface area contributed by atoms with Crippen molar-refractivity contribution < 1.29 is 28.1 Å². The third kappa shape index (κ3) is 7.72. The Morgan fingerprint density at radius 2 is 1.67 bits per heavy atom. The Morgan fingerprint density at radius 1 is 1.02 bits per heavy atom. The van der Waals surface area contributed by atoms with Gasteiger partial charge in [-0.25, -0.2) is 9.18 Å². The first-order valence-electron chi connectivity index (χ1n) is 16.5. The van der Waals surface area contributed by atoms with E-state index < -0.39 is 17.7 Å². The fraction of sp³-hybridized carbons (Fsp3) is 0.526. The van der Waals surface area contributed by atoms with E-state index in [-0.39, 0.29) is 29.9 Å². The average molecular weight is 633 g/mol. The zero-order chi connectivity index (χ0) is 33.2. The SMILES string of the molecule is CCOC(=O)[C@@H](OC(C)(C)C)c1c(C)nc(C)c(-c2ccc(OC3COCC3c3ccc(F)cc3)cc2)c1N1CCC(C)(C)CC1. The van der Waals surface area contributed by atoms with Crippen molar-refractivity contribution in [2.24, 2.45) is 5.41 Å². The van der Waals surface area contributed by atoms with Crippen LogP contribution in [0.2, 0.25) is 0 Å². The molecule has 0 bridgehead atoms. The standard InChI is InChI=1S/C38H49FN2O5/c1-9-44-36(42)35(46-37(4,5)6)33-25(3)40-24(2)32(34(33)41-20-18-38(7,8)19-21-41)27-12-16-29(17-13-27)45-31-23-43-22-30(31)26-10-14-28(39)15-11-26/h10-17,30-31,35H,9,18-23H2,1-8H3/t30?,31?,35-/m0/s1. The summed E-state index contributed by atoms with van der Waals surface area (Å²) in [5, 5.41) is 0. The number of carbonyl (C=O) groups is 1. The summed E-state index contributed by atoms with van der Waals surface area (Å²) in [7, 11) is 0. The number of piperidine rings is 1. The summed E-state index contributed by atoms with van der Waals surface area (Å²) in [6.45, 7) is 19.3. The number of aromatic nitrogens is 1. The van der Waals surface area contributed by atoms with Crippen LogP contribution in [0.3, 0.4) is 0 Å². The molecule has 0 spiro atoms. The molecule has 3 heterocycles. The molecule has 1 aromatic heterocycles. The van der Waals surface area contributed by atoms with Gasteiger partial charge in [-0.15, -0.1) is 0 Å². The number of hydrogen-bond donors (Lipinski definition) is 0. The van der Waals surface area contributed by atoms with Gasteiger partial charge in [-0.3, -0.25) is 4.98 Å². The van der Waals surface area contributed by atoms with Gasteiger partial charge in [-0.2, -0.15) is 0 Å². The highest BCUT2D eigenvalue weighted by molar-refractivity contribution is 5.88. The molecular weight excluding hydrogens is 583 g/mol. The van der Waals surface area contributed by atoms with E-state index in [0.717, 1.165) is 71.0 Å². The minimum Gasteiger partial charge on any atom is -0.487 e. The molecule has 2 aliphatic heterocycles. The van der Waals surface area contributed by atoms with Gasteiger partial charge in [0.1, 0.15) is 17.7 Å². The van der Waals surface area contributed by atoms with E-state index in [9.17, 15) is 9.18 Å². The van der Waals surface area contributed by atoms with Gasteiger partial charge in [0.25, 0.3) is 0 Å². The molecule has 7 nitrogen and oxygen atoms in total. The van der Waals surface area contributed by atoms with Crippen LogP contribution in [0.25, 0.3) is 11.1 Å². The van der Waals surface area contributed by atoms with Gasteiger partial charge in [0, 0.05) is 41.5 Å². The van der Waals surface area contributed by atoms with E-state index in [4.69, 9.17) is 23.9 Å². The molecule has 46 heavy (non-hydrogen) atoms. The lowest BCUT2D eigenvalue weighted by molar-refractivity contribution is -0.166. The molecule has 2 unspecified atom stereocenters. The number of pyridine rings is 1. The Hall–Kier alpha value is -3.49. The van der Waals surface area contributed by atoms with Crippen LogP contribution in [0.1, 0.15) is 88.9 Å². The molecule has 0 amide bonds. The lowest BCUT2D eigenvalue weighted by Gasteiger charge is -2.41. The normalized spacial score (nSPS) is 20.4. The van der Waals surface area contributed by atoms with Crippen molar-refractivity contribution in [2.45, 2.75) is 92.0 Å². The fourth-order valence-electron chi connectivity index (χ4n) is 6.51. The second-order valence-electron chi connectivity index (χ2n) is 14.3. The number of anilines is 1. The first kappa shape index (κ1) is 33.9. The van der Waals surface area contributed by atoms with Gasteiger partial charge in [-0.1, -0.05) is 38.1 Å². The molecule has 248 valence electrons. The van der Waals surface area contributed by atoms with Gasteiger partial charge >= 0.3 is 5.97 Å². The maximum atomic E-state index is 13.6. The largest absolute Gasteiger partial charge is 0.487 e. The Morgan fingerprint density at radius 3 is 2.28 bits per heavy atom. The quantitative estimate of drug-likeness (QED) is 0.221. The van der Waals surface area contributed by atoms with E-state index in [1.165, 1.54) is 12.1 Å². The van der Waals surface area contributed by atoms with Gasteiger partial charge in [0.05, 0.1) is 31.1 Å². The van der Waals surface area contributed by atoms with Gasteiger partial charge in [0.2, 0.25) is 0 Å². The number of aryl methyl sites for hydroxylation is 2. The zero-order valence-corrected chi connectivity index (χ0v) is 28.6. The maximum absolute atomic E-state index is 13.6. The van der Waals surface area contributed by atoms with E-state index in [1.807, 2.05) is 53.7 Å². The van der Waals surface area contributed by atoms with E-state index in [2.05, 4.69) is 30.9 Å². The third-order valence-corrected chi connectivity index (χ3v) is 9.00. The second kappa shape index (κ2) is 13.7. The number of nitrogens with zero attached hydrogens (tertiary/aromatic N) is 2. The summed E-state index contributed by atoms with van der Waals surface area (Å²) in [5.41, 5.74) is 6.00. The molecule has 0 N–H and O–H groups in total. The lowest BCUT2D eigenvalue weighted by atomic mass is 9.82. The number of hydrogen-bond acceptors (Lipinski definition) is 7. The summed E-state index contributed by atoms with van der Waals surface area (Å²) < 4.78 is 37.8. The smallest absolute Gasteiger partial charge is 0.340 e. The first-order valence-corrected chi connectivity index (χ1v) is 16.5. The van der Waals surface area contributed by atoms with Crippen LogP contribution in [0.5, 0.6) is 5.75 Å². The molecular formula is C38H49FN2O5. The zero-order valence-electron chi connectivity index (χ0n) is 28.6. The topological polar surface area (TPSA) is 70.1 Å². The van der Waals surface area contributed by atoms with Crippen molar-refractivity contribution in [3.8, 4) is 16.9 Å². The molecule has 3 atom stereocenters. The van der Waals surface area contributed by atoms with Gasteiger partial charge in [0.15, 0.2) is 6.10 Å². The van der Waals surface area contributed by atoms with E-state index >= 15 is 0 Å². The molecule has 2 saturated heterocycles. The van der Waals surface area contributed by atoms with Crippen molar-refractivity contribution in [1.29, 1.82) is 0 Å². The number of benzene rings is 2. The van der Waals surface area contributed by atoms with Crippen LogP contribution in [-0.4, -0.2) is 55.6 Å². The molecule has 0 saturated carbocycles. The van der Waals surface area contributed by atoms with E-state index in [1.54, 1.807) is 12.1 Å². The van der Waals surface area contributed by atoms with Crippen molar-refractivity contribution >= 4 is 11.7 Å². The number of esters is 1. The highest BCUT2D eigenvalue weighted by Gasteiger charge is 2.37. The van der Waals surface area contributed by atoms with Crippen LogP contribution < -0.4 is 9.64 Å². The summed E-state index contributed by atoms with van der Waals surface area (Å²) >= 11 is 0. The number of carbonyl (C=O) groups excluding carboxylic acids is 1. The molecule has 8 heteroatoms. The third-order valence-electron chi connectivity index (χ3n) is 9.00. The summed E-state index contributed by atoms with van der Waals surface area (Å²) in [4.78, 5) is 21.0. The minimum atomic E-state index is -0.926.